The molecule has 21 heavy (non-hydrogen) atoms. The molecule has 0 unspecified atom stereocenters. The fraction of sp³-hybridized carbons (Fsp3) is 0.333. The molecule has 1 atom stereocenters. The van der Waals surface area contributed by atoms with Crippen molar-refractivity contribution in [3.05, 3.63) is 40.9 Å². The van der Waals surface area contributed by atoms with E-state index in [1.165, 1.54) is 0 Å². The first-order chi connectivity index (χ1) is 10.1. The Kier molecular flexibility index (Phi) is 4.31. The minimum Gasteiger partial charge on any atom is -0.377 e. The normalized spacial score (nSPS) is 19.2. The van der Waals surface area contributed by atoms with Crippen LogP contribution in [0.15, 0.2) is 45.8 Å². The van der Waals surface area contributed by atoms with Crippen LogP contribution < -0.4 is 4.72 Å². The number of rotatable bonds is 4. The van der Waals surface area contributed by atoms with Gasteiger partial charge < -0.3 is 4.74 Å². The lowest BCUT2D eigenvalue weighted by molar-refractivity contribution is 0.114. The van der Waals surface area contributed by atoms with E-state index in [2.05, 4.69) is 20.7 Å². The van der Waals surface area contributed by atoms with Crippen molar-refractivity contribution in [1.29, 1.82) is 0 Å². The number of halogens is 1. The van der Waals surface area contributed by atoms with E-state index in [1.54, 1.807) is 12.1 Å². The smallest absolute Gasteiger partial charge is 0.241 e. The molecule has 1 aliphatic rings. The van der Waals surface area contributed by atoms with Crippen molar-refractivity contribution in [1.82, 2.24) is 4.72 Å². The van der Waals surface area contributed by atoms with Crippen molar-refractivity contribution in [2.24, 2.45) is 0 Å². The number of sulfonamides is 1. The number of hydrogen-bond acceptors (Lipinski definition) is 3. The first kappa shape index (κ1) is 15.0. The van der Waals surface area contributed by atoms with Gasteiger partial charge in [-0.3, -0.25) is 0 Å². The first-order valence-electron chi connectivity index (χ1n) is 6.86. The van der Waals surface area contributed by atoms with Gasteiger partial charge in [0.2, 0.25) is 10.0 Å². The molecule has 1 fully saturated rings. The molecular weight excluding hydrogens is 354 g/mol. The number of nitrogens with one attached hydrogen (secondary N) is 1. The molecule has 2 aromatic carbocycles. The van der Waals surface area contributed by atoms with Gasteiger partial charge in [-0.1, -0.05) is 40.2 Å². The second kappa shape index (κ2) is 6.04. The molecule has 0 saturated carbocycles. The maximum Gasteiger partial charge on any atom is 0.241 e. The number of ether oxygens (including phenoxy) is 1. The van der Waals surface area contributed by atoms with E-state index >= 15 is 0 Å². The fourth-order valence-electron chi connectivity index (χ4n) is 2.55. The van der Waals surface area contributed by atoms with Gasteiger partial charge in [-0.2, -0.15) is 0 Å². The van der Waals surface area contributed by atoms with Gasteiger partial charge >= 0.3 is 0 Å². The lowest BCUT2D eigenvalue weighted by atomic mass is 10.1. The maximum absolute atomic E-state index is 12.5. The van der Waals surface area contributed by atoms with E-state index in [-0.39, 0.29) is 6.10 Å². The molecular formula is C15H16BrNO3S. The van der Waals surface area contributed by atoms with Gasteiger partial charge in [0.15, 0.2) is 0 Å². The summed E-state index contributed by atoms with van der Waals surface area (Å²) in [6, 6.07) is 10.9. The van der Waals surface area contributed by atoms with Gasteiger partial charge in [0.1, 0.15) is 0 Å². The van der Waals surface area contributed by atoms with Crippen molar-refractivity contribution < 1.29 is 13.2 Å². The minimum atomic E-state index is -3.54. The van der Waals surface area contributed by atoms with E-state index in [4.69, 9.17) is 4.74 Å². The maximum atomic E-state index is 12.5. The topological polar surface area (TPSA) is 55.4 Å². The molecule has 4 nitrogen and oxygen atoms in total. The van der Waals surface area contributed by atoms with Gasteiger partial charge in [0, 0.05) is 23.0 Å². The van der Waals surface area contributed by atoms with Crippen LogP contribution in [0.25, 0.3) is 10.8 Å². The predicted molar refractivity (Wildman–Crippen MR) is 85.8 cm³/mol. The minimum absolute atomic E-state index is 0.0125. The zero-order chi connectivity index (χ0) is 14.9. The summed E-state index contributed by atoms with van der Waals surface area (Å²) in [5.74, 6) is 0. The fourth-order valence-corrected chi connectivity index (χ4v) is 4.31. The van der Waals surface area contributed by atoms with Gasteiger partial charge in [0.05, 0.1) is 11.0 Å². The van der Waals surface area contributed by atoms with Crippen molar-refractivity contribution in [3.8, 4) is 0 Å². The summed E-state index contributed by atoms with van der Waals surface area (Å²) >= 11 is 3.46. The summed E-state index contributed by atoms with van der Waals surface area (Å²) in [6.07, 6.45) is 1.89. The first-order valence-corrected chi connectivity index (χ1v) is 9.14. The summed E-state index contributed by atoms with van der Waals surface area (Å²) < 4.78 is 34.1. The van der Waals surface area contributed by atoms with Crippen LogP contribution >= 0.6 is 15.9 Å². The summed E-state index contributed by atoms with van der Waals surface area (Å²) in [5.41, 5.74) is 0. The van der Waals surface area contributed by atoms with E-state index in [0.717, 1.165) is 22.7 Å². The number of hydrogen-bond donors (Lipinski definition) is 1. The molecule has 1 aliphatic heterocycles. The van der Waals surface area contributed by atoms with Gasteiger partial charge in [0.25, 0.3) is 0 Å². The summed E-state index contributed by atoms with van der Waals surface area (Å²) in [4.78, 5) is 0.305. The predicted octanol–water partition coefficient (Wildman–Crippen LogP) is 3.06. The molecule has 0 spiro atoms. The van der Waals surface area contributed by atoms with Crippen LogP contribution in [0, 0.1) is 0 Å². The van der Waals surface area contributed by atoms with E-state index < -0.39 is 10.0 Å². The Bertz CT molecular complexity index is 755. The van der Waals surface area contributed by atoms with E-state index in [0.29, 0.717) is 23.4 Å². The summed E-state index contributed by atoms with van der Waals surface area (Å²) in [6.45, 7) is 1.04. The van der Waals surface area contributed by atoms with Crippen LogP contribution in [-0.2, 0) is 14.8 Å². The third-order valence-electron chi connectivity index (χ3n) is 3.65. The molecule has 0 radical (unpaired) electrons. The number of benzene rings is 2. The Morgan fingerprint density at radius 1 is 1.19 bits per heavy atom. The highest BCUT2D eigenvalue weighted by Gasteiger charge is 2.22. The molecule has 0 bridgehead atoms. The molecule has 6 heteroatoms. The second-order valence-corrected chi connectivity index (χ2v) is 7.67. The van der Waals surface area contributed by atoms with Crippen molar-refractivity contribution in [3.63, 3.8) is 0 Å². The Hall–Kier alpha value is -0.950. The highest BCUT2D eigenvalue weighted by molar-refractivity contribution is 9.10. The van der Waals surface area contributed by atoms with Crippen LogP contribution in [0.3, 0.4) is 0 Å². The average molecular weight is 370 g/mol. The van der Waals surface area contributed by atoms with Crippen LogP contribution in [0.4, 0.5) is 0 Å². The average Bonchev–Trinajstić information content (AvgIpc) is 2.99. The van der Waals surface area contributed by atoms with E-state index in [9.17, 15) is 8.42 Å². The lowest BCUT2D eigenvalue weighted by Crippen LogP contribution is -2.31. The van der Waals surface area contributed by atoms with Crippen LogP contribution in [0.5, 0.6) is 0 Å². The molecule has 3 rings (SSSR count). The lowest BCUT2D eigenvalue weighted by Gasteiger charge is -2.13. The van der Waals surface area contributed by atoms with E-state index in [1.807, 2.05) is 24.3 Å². The highest BCUT2D eigenvalue weighted by atomic mass is 79.9. The highest BCUT2D eigenvalue weighted by Crippen LogP contribution is 2.29. The van der Waals surface area contributed by atoms with Gasteiger partial charge in [-0.25, -0.2) is 13.1 Å². The third-order valence-corrected chi connectivity index (χ3v) is 5.82. The number of fused-ring (bicyclic) bond motifs is 1. The van der Waals surface area contributed by atoms with Crippen molar-refractivity contribution in [2.45, 2.75) is 23.8 Å². The molecule has 2 aromatic rings. The molecule has 1 N–H and O–H groups in total. The molecule has 112 valence electrons. The summed E-state index contributed by atoms with van der Waals surface area (Å²) in [5, 5.41) is 1.60. The largest absolute Gasteiger partial charge is 0.377 e. The molecule has 1 heterocycles. The second-order valence-electron chi connectivity index (χ2n) is 5.08. The Balaban J connectivity index is 1.93. The molecule has 0 aliphatic carbocycles. The monoisotopic (exact) mass is 369 g/mol. The van der Waals surface area contributed by atoms with Crippen LogP contribution in [0.1, 0.15) is 12.8 Å². The Morgan fingerprint density at radius 3 is 2.67 bits per heavy atom. The van der Waals surface area contributed by atoms with Crippen molar-refractivity contribution >= 4 is 36.7 Å². The van der Waals surface area contributed by atoms with Crippen LogP contribution in [-0.4, -0.2) is 27.7 Å². The molecule has 1 saturated heterocycles. The third kappa shape index (κ3) is 3.13. The SMILES string of the molecule is O=S(=O)(NC[C@H]1CCCO1)c1ccc(Br)c2ccccc12. The quantitative estimate of drug-likeness (QED) is 0.900. The standard InChI is InChI=1S/C15H16BrNO3S/c16-14-7-8-15(13-6-2-1-5-12(13)14)21(18,19)17-10-11-4-3-9-20-11/h1-2,5-8,11,17H,3-4,9-10H2/t11-/m1/s1. The molecule has 0 aromatic heterocycles. The zero-order valence-electron chi connectivity index (χ0n) is 11.4. The Labute approximate surface area is 132 Å². The summed E-state index contributed by atoms with van der Waals surface area (Å²) in [7, 11) is -3.54. The van der Waals surface area contributed by atoms with Gasteiger partial charge in [-0.05, 0) is 30.4 Å². The zero-order valence-corrected chi connectivity index (χ0v) is 13.8. The van der Waals surface area contributed by atoms with Crippen LogP contribution in [0.2, 0.25) is 0 Å². The van der Waals surface area contributed by atoms with Crippen molar-refractivity contribution in [2.75, 3.05) is 13.2 Å². The molecule has 0 amide bonds. The Morgan fingerprint density at radius 2 is 1.95 bits per heavy atom. The van der Waals surface area contributed by atoms with Gasteiger partial charge in [-0.15, -0.1) is 0 Å².